The van der Waals surface area contributed by atoms with Gasteiger partial charge in [0, 0.05) is 0 Å². The summed E-state index contributed by atoms with van der Waals surface area (Å²) >= 11 is 0. The SMILES string of the molecule is COc1ccccc1CC1CC(C(C)(C)C)CCC1O. The van der Waals surface area contributed by atoms with Crippen molar-refractivity contribution in [2.24, 2.45) is 17.3 Å². The molecule has 0 saturated heterocycles. The Morgan fingerprint density at radius 3 is 2.55 bits per heavy atom. The van der Waals surface area contributed by atoms with E-state index in [9.17, 15) is 5.11 Å². The van der Waals surface area contributed by atoms with Crippen molar-refractivity contribution in [2.75, 3.05) is 7.11 Å². The van der Waals surface area contributed by atoms with Crippen LogP contribution in [0, 0.1) is 17.3 Å². The van der Waals surface area contributed by atoms with Crippen LogP contribution in [0.15, 0.2) is 24.3 Å². The lowest BCUT2D eigenvalue weighted by molar-refractivity contribution is 0.0194. The minimum Gasteiger partial charge on any atom is -0.496 e. The van der Waals surface area contributed by atoms with Crippen LogP contribution in [0.1, 0.15) is 45.6 Å². The Labute approximate surface area is 123 Å². The predicted octanol–water partition coefficient (Wildman–Crippen LogP) is 4.06. The molecule has 1 aliphatic carbocycles. The Balaban J connectivity index is 2.10. The summed E-state index contributed by atoms with van der Waals surface area (Å²) in [5.74, 6) is 1.99. The minimum atomic E-state index is -0.168. The van der Waals surface area contributed by atoms with Crippen LogP contribution in [0.25, 0.3) is 0 Å². The first kappa shape index (κ1) is 15.4. The van der Waals surface area contributed by atoms with Gasteiger partial charge in [0.05, 0.1) is 13.2 Å². The molecule has 0 aliphatic heterocycles. The Morgan fingerprint density at radius 1 is 1.20 bits per heavy atom. The molecule has 0 bridgehead atoms. The summed E-state index contributed by atoms with van der Waals surface area (Å²) in [5, 5.41) is 10.3. The monoisotopic (exact) mass is 276 g/mol. The lowest BCUT2D eigenvalue weighted by Crippen LogP contribution is -2.35. The summed E-state index contributed by atoms with van der Waals surface area (Å²) in [6.07, 6.45) is 3.94. The molecule has 2 heteroatoms. The highest BCUT2D eigenvalue weighted by molar-refractivity contribution is 5.33. The molecule has 1 saturated carbocycles. The van der Waals surface area contributed by atoms with Gasteiger partial charge in [-0.3, -0.25) is 0 Å². The number of aliphatic hydroxyl groups excluding tert-OH is 1. The summed E-state index contributed by atoms with van der Waals surface area (Å²) in [5.41, 5.74) is 1.55. The van der Waals surface area contributed by atoms with E-state index in [0.717, 1.165) is 31.4 Å². The van der Waals surface area contributed by atoms with Gasteiger partial charge in [0.25, 0.3) is 0 Å². The number of hydrogen-bond acceptors (Lipinski definition) is 2. The first-order valence-electron chi connectivity index (χ1n) is 7.71. The third-order valence-electron chi connectivity index (χ3n) is 4.84. The summed E-state index contributed by atoms with van der Waals surface area (Å²) in [6, 6.07) is 8.17. The fourth-order valence-corrected chi connectivity index (χ4v) is 3.41. The van der Waals surface area contributed by atoms with Crippen LogP contribution in [-0.4, -0.2) is 18.3 Å². The Hall–Kier alpha value is -1.02. The number of para-hydroxylation sites is 1. The number of benzene rings is 1. The minimum absolute atomic E-state index is 0.168. The van der Waals surface area contributed by atoms with E-state index < -0.39 is 0 Å². The fourth-order valence-electron chi connectivity index (χ4n) is 3.41. The first-order valence-corrected chi connectivity index (χ1v) is 7.71. The molecule has 0 amide bonds. The molecule has 0 aromatic heterocycles. The fraction of sp³-hybridized carbons (Fsp3) is 0.667. The second-order valence-corrected chi connectivity index (χ2v) is 7.22. The van der Waals surface area contributed by atoms with Crippen LogP contribution in [0.4, 0.5) is 0 Å². The van der Waals surface area contributed by atoms with E-state index in [2.05, 4.69) is 26.8 Å². The average Bonchev–Trinajstić information content (AvgIpc) is 2.40. The molecule has 3 atom stereocenters. The van der Waals surface area contributed by atoms with Crippen LogP contribution in [0.5, 0.6) is 5.75 Å². The maximum atomic E-state index is 10.3. The van der Waals surface area contributed by atoms with Crippen LogP contribution in [0.3, 0.4) is 0 Å². The first-order chi connectivity index (χ1) is 9.41. The summed E-state index contributed by atoms with van der Waals surface area (Å²) in [6.45, 7) is 6.95. The van der Waals surface area contributed by atoms with Crippen molar-refractivity contribution >= 4 is 0 Å². The van der Waals surface area contributed by atoms with E-state index in [1.165, 1.54) is 5.56 Å². The zero-order valence-corrected chi connectivity index (χ0v) is 13.2. The van der Waals surface area contributed by atoms with E-state index in [0.29, 0.717) is 17.3 Å². The molecule has 1 fully saturated rings. The standard InChI is InChI=1S/C18H28O2/c1-18(2,3)15-9-10-16(19)14(12-15)11-13-7-5-6-8-17(13)20-4/h5-8,14-16,19H,9-12H2,1-4H3. The van der Waals surface area contributed by atoms with E-state index in [1.54, 1.807) is 7.11 Å². The quantitative estimate of drug-likeness (QED) is 0.902. The van der Waals surface area contributed by atoms with Crippen LogP contribution in [-0.2, 0) is 6.42 Å². The van der Waals surface area contributed by atoms with Gasteiger partial charge in [-0.15, -0.1) is 0 Å². The summed E-state index contributed by atoms with van der Waals surface area (Å²) in [4.78, 5) is 0. The van der Waals surface area contributed by atoms with Crippen molar-refractivity contribution in [1.29, 1.82) is 0 Å². The molecule has 112 valence electrons. The molecule has 0 heterocycles. The van der Waals surface area contributed by atoms with Crippen molar-refractivity contribution in [3.63, 3.8) is 0 Å². The Kier molecular flexibility index (Phi) is 4.74. The molecule has 2 rings (SSSR count). The highest BCUT2D eigenvalue weighted by atomic mass is 16.5. The number of hydrogen-bond donors (Lipinski definition) is 1. The molecule has 1 aromatic rings. The van der Waals surface area contributed by atoms with Gasteiger partial charge in [0.15, 0.2) is 0 Å². The molecule has 20 heavy (non-hydrogen) atoms. The van der Waals surface area contributed by atoms with Crippen molar-refractivity contribution < 1.29 is 9.84 Å². The van der Waals surface area contributed by atoms with Gasteiger partial charge in [-0.05, 0) is 54.6 Å². The predicted molar refractivity (Wildman–Crippen MR) is 83.0 cm³/mol. The lowest BCUT2D eigenvalue weighted by Gasteiger charge is -2.40. The second-order valence-electron chi connectivity index (χ2n) is 7.22. The normalized spacial score (nSPS) is 27.4. The van der Waals surface area contributed by atoms with Crippen molar-refractivity contribution in [3.05, 3.63) is 29.8 Å². The molecule has 1 aromatic carbocycles. The maximum Gasteiger partial charge on any atom is 0.122 e. The van der Waals surface area contributed by atoms with Gasteiger partial charge in [-0.25, -0.2) is 0 Å². The van der Waals surface area contributed by atoms with Gasteiger partial charge in [0.1, 0.15) is 5.75 Å². The molecule has 3 unspecified atom stereocenters. The summed E-state index contributed by atoms with van der Waals surface area (Å²) < 4.78 is 5.43. The molecule has 0 radical (unpaired) electrons. The topological polar surface area (TPSA) is 29.5 Å². The van der Waals surface area contributed by atoms with Gasteiger partial charge in [0.2, 0.25) is 0 Å². The zero-order valence-electron chi connectivity index (χ0n) is 13.2. The molecule has 1 aliphatic rings. The average molecular weight is 276 g/mol. The highest BCUT2D eigenvalue weighted by Gasteiger charge is 2.35. The third kappa shape index (κ3) is 3.54. The van der Waals surface area contributed by atoms with E-state index >= 15 is 0 Å². The van der Waals surface area contributed by atoms with Crippen LogP contribution >= 0.6 is 0 Å². The van der Waals surface area contributed by atoms with Crippen molar-refractivity contribution in [1.82, 2.24) is 0 Å². The van der Waals surface area contributed by atoms with Crippen LogP contribution in [0.2, 0.25) is 0 Å². The van der Waals surface area contributed by atoms with E-state index in [4.69, 9.17) is 4.74 Å². The molecule has 0 spiro atoms. The molecule has 2 nitrogen and oxygen atoms in total. The molecule has 1 N–H and O–H groups in total. The molecular weight excluding hydrogens is 248 g/mol. The van der Waals surface area contributed by atoms with E-state index in [-0.39, 0.29) is 6.10 Å². The molecular formula is C18H28O2. The van der Waals surface area contributed by atoms with Gasteiger partial charge in [-0.1, -0.05) is 39.0 Å². The Morgan fingerprint density at radius 2 is 1.90 bits per heavy atom. The number of rotatable bonds is 3. The second kappa shape index (κ2) is 6.17. The smallest absolute Gasteiger partial charge is 0.122 e. The number of methoxy groups -OCH3 is 1. The summed E-state index contributed by atoms with van der Waals surface area (Å²) in [7, 11) is 1.72. The number of ether oxygens (including phenoxy) is 1. The van der Waals surface area contributed by atoms with E-state index in [1.807, 2.05) is 18.2 Å². The van der Waals surface area contributed by atoms with Crippen LogP contribution < -0.4 is 4.74 Å². The third-order valence-corrected chi connectivity index (χ3v) is 4.84. The number of aliphatic hydroxyl groups is 1. The van der Waals surface area contributed by atoms with Gasteiger partial charge >= 0.3 is 0 Å². The van der Waals surface area contributed by atoms with Gasteiger partial charge < -0.3 is 9.84 Å². The zero-order chi connectivity index (χ0) is 14.8. The lowest BCUT2D eigenvalue weighted by atomic mass is 9.67. The van der Waals surface area contributed by atoms with Crippen molar-refractivity contribution in [3.8, 4) is 5.75 Å². The van der Waals surface area contributed by atoms with Crippen molar-refractivity contribution in [2.45, 2.75) is 52.6 Å². The highest BCUT2D eigenvalue weighted by Crippen LogP contribution is 2.41. The maximum absolute atomic E-state index is 10.3. The Bertz CT molecular complexity index is 433. The largest absolute Gasteiger partial charge is 0.496 e. The van der Waals surface area contributed by atoms with Gasteiger partial charge in [-0.2, -0.15) is 0 Å².